The molecule has 0 saturated carbocycles. The maximum Gasteiger partial charge on any atom is 0.500 e. The minimum absolute atomic E-state index is 0.855. The molecule has 46 heavy (non-hydrogen) atoms. The van der Waals surface area contributed by atoms with Crippen LogP contribution in [-0.4, -0.2) is 209 Å². The fourth-order valence-corrected chi connectivity index (χ4v) is 9.72. The summed E-state index contributed by atoms with van der Waals surface area (Å²) >= 11 is 0. The molecule has 1 saturated heterocycles. The van der Waals surface area contributed by atoms with Gasteiger partial charge in [-0.25, -0.2) is 0 Å². The molecule has 1 fully saturated rings. The second kappa shape index (κ2) is 25.9. The van der Waals surface area contributed by atoms with E-state index in [0.717, 1.165) is 77.3 Å². The molecule has 0 spiro atoms. The Balaban J connectivity index is 2.44. The van der Waals surface area contributed by atoms with Crippen molar-refractivity contribution in [1.29, 1.82) is 0 Å². The fraction of sp³-hybridized carbons (Fsp3) is 1.00. The maximum absolute atomic E-state index is 5.64. The van der Waals surface area contributed by atoms with Crippen LogP contribution in [0, 0.1) is 0 Å². The second-order valence-corrected chi connectivity index (χ2v) is 19.4. The van der Waals surface area contributed by atoms with Gasteiger partial charge in [0.25, 0.3) is 0 Å². The predicted molar refractivity (Wildman–Crippen MR) is 194 cm³/mol. The first-order valence-corrected chi connectivity index (χ1v) is 21.5. The molecule has 0 radical (unpaired) electrons. The van der Waals surface area contributed by atoms with E-state index in [1.807, 2.05) is 0 Å². The fourth-order valence-electron chi connectivity index (χ4n) is 6.31. The van der Waals surface area contributed by atoms with Gasteiger partial charge in [0.1, 0.15) is 0 Å². The number of rotatable bonds is 30. The summed E-state index contributed by atoms with van der Waals surface area (Å²) in [6.07, 6.45) is 6.87. The normalized spacial score (nSPS) is 15.8. The standard InChI is InChI=1S/C32H74N6O6Si2/c1-33(2)17-11-19-35(25-15-31-45(39-5,40-6)41-7)21-13-23-37-27-29-38(30-28-37)24-14-22-36(20-12-18-34(3)4)26-16-32-46(42-8,43-9)44-10/h11-32H2,1-10H3. The van der Waals surface area contributed by atoms with Crippen molar-refractivity contribution in [2.75, 3.05) is 162 Å². The van der Waals surface area contributed by atoms with Crippen molar-refractivity contribution in [3.63, 3.8) is 0 Å². The summed E-state index contributed by atoms with van der Waals surface area (Å²) in [7, 11) is 13.8. The zero-order valence-electron chi connectivity index (χ0n) is 31.7. The number of nitrogens with zero attached hydrogens (tertiary/aromatic N) is 6. The van der Waals surface area contributed by atoms with Crippen LogP contribution < -0.4 is 0 Å². The first-order valence-electron chi connectivity index (χ1n) is 17.6. The molecule has 0 aliphatic carbocycles. The van der Waals surface area contributed by atoms with E-state index in [0.29, 0.717) is 0 Å². The van der Waals surface area contributed by atoms with Crippen molar-refractivity contribution < 1.29 is 26.6 Å². The summed E-state index contributed by atoms with van der Waals surface area (Å²) in [5.41, 5.74) is 0. The largest absolute Gasteiger partial charge is 0.500 e. The van der Waals surface area contributed by atoms with Gasteiger partial charge in [0.05, 0.1) is 0 Å². The van der Waals surface area contributed by atoms with E-state index in [2.05, 4.69) is 57.6 Å². The highest BCUT2D eigenvalue weighted by atomic mass is 28.4. The van der Waals surface area contributed by atoms with Crippen LogP contribution in [0.4, 0.5) is 0 Å². The van der Waals surface area contributed by atoms with Crippen molar-refractivity contribution >= 4 is 17.6 Å². The molecule has 276 valence electrons. The third kappa shape index (κ3) is 18.6. The summed E-state index contributed by atoms with van der Waals surface area (Å²) in [6, 6.07) is 1.71. The van der Waals surface area contributed by atoms with Crippen LogP contribution in [0.1, 0.15) is 38.5 Å². The van der Waals surface area contributed by atoms with Gasteiger partial charge >= 0.3 is 17.6 Å². The number of hydrogen-bond acceptors (Lipinski definition) is 12. The Morgan fingerprint density at radius 3 is 0.978 bits per heavy atom. The summed E-state index contributed by atoms with van der Waals surface area (Å²) in [5.74, 6) is 0. The molecule has 1 rings (SSSR count). The molecule has 1 aliphatic rings. The molecule has 0 atom stereocenters. The first-order chi connectivity index (χ1) is 22.1. The van der Waals surface area contributed by atoms with Crippen molar-refractivity contribution in [3.8, 4) is 0 Å². The van der Waals surface area contributed by atoms with E-state index in [9.17, 15) is 0 Å². The molecule has 0 unspecified atom stereocenters. The zero-order valence-corrected chi connectivity index (χ0v) is 33.7. The Morgan fingerprint density at radius 1 is 0.413 bits per heavy atom. The van der Waals surface area contributed by atoms with E-state index >= 15 is 0 Å². The smallest absolute Gasteiger partial charge is 0.377 e. The Labute approximate surface area is 286 Å². The topological polar surface area (TPSA) is 74.8 Å². The lowest BCUT2D eigenvalue weighted by Crippen LogP contribution is -2.47. The van der Waals surface area contributed by atoms with Crippen molar-refractivity contribution in [2.45, 2.75) is 50.6 Å². The number of piperazine rings is 1. The van der Waals surface area contributed by atoms with E-state index < -0.39 is 17.6 Å². The molecule has 14 heteroatoms. The van der Waals surface area contributed by atoms with Gasteiger partial charge in [-0.15, -0.1) is 0 Å². The van der Waals surface area contributed by atoms with Crippen LogP contribution in [-0.2, 0) is 26.6 Å². The van der Waals surface area contributed by atoms with Crippen molar-refractivity contribution in [3.05, 3.63) is 0 Å². The van der Waals surface area contributed by atoms with Crippen LogP contribution >= 0.6 is 0 Å². The minimum atomic E-state index is -2.51. The van der Waals surface area contributed by atoms with Gasteiger partial charge in [0.2, 0.25) is 0 Å². The van der Waals surface area contributed by atoms with Crippen LogP contribution in [0.25, 0.3) is 0 Å². The Morgan fingerprint density at radius 2 is 0.696 bits per heavy atom. The van der Waals surface area contributed by atoms with Gasteiger partial charge in [-0.1, -0.05) is 0 Å². The van der Waals surface area contributed by atoms with Gasteiger partial charge in [0.15, 0.2) is 0 Å². The van der Waals surface area contributed by atoms with E-state index in [1.165, 1.54) is 65.0 Å². The SMILES string of the molecule is CO[Si](CCCN(CCCN(C)C)CCCN1CCN(CCCN(CCCN(C)C)CCC[Si](OC)(OC)OC)CC1)(OC)OC. The van der Waals surface area contributed by atoms with E-state index in [4.69, 9.17) is 26.6 Å². The third-order valence-electron chi connectivity index (χ3n) is 9.30. The van der Waals surface area contributed by atoms with Crippen molar-refractivity contribution in [2.24, 2.45) is 0 Å². The van der Waals surface area contributed by atoms with Crippen LogP contribution in [0.3, 0.4) is 0 Å². The quantitative estimate of drug-likeness (QED) is 0.104. The molecule has 1 heterocycles. The van der Waals surface area contributed by atoms with Gasteiger partial charge in [-0.05, 0) is 132 Å². The molecule has 0 bridgehead atoms. The monoisotopic (exact) mass is 695 g/mol. The Hall–Kier alpha value is -0.0462. The van der Waals surface area contributed by atoms with Gasteiger partial charge < -0.3 is 56.0 Å². The summed E-state index contributed by atoms with van der Waals surface area (Å²) in [4.78, 5) is 15.1. The molecule has 0 amide bonds. The average Bonchev–Trinajstić information content (AvgIpc) is 3.05. The third-order valence-corrected chi connectivity index (χ3v) is 15.0. The molecule has 1 aliphatic heterocycles. The molecule has 0 aromatic rings. The van der Waals surface area contributed by atoms with Crippen LogP contribution in [0.15, 0.2) is 0 Å². The molecule has 0 aromatic heterocycles. The Bertz CT molecular complexity index is 642. The minimum Gasteiger partial charge on any atom is -0.377 e. The van der Waals surface area contributed by atoms with Gasteiger partial charge in [-0.3, -0.25) is 0 Å². The van der Waals surface area contributed by atoms with E-state index in [-0.39, 0.29) is 0 Å². The molecular weight excluding hydrogens is 621 g/mol. The first kappa shape index (κ1) is 44.0. The van der Waals surface area contributed by atoms with E-state index in [1.54, 1.807) is 42.7 Å². The summed E-state index contributed by atoms with van der Waals surface area (Å²) in [5, 5.41) is 0. The lowest BCUT2D eigenvalue weighted by molar-refractivity contribution is 0.115. The van der Waals surface area contributed by atoms with Gasteiger partial charge in [-0.2, -0.15) is 0 Å². The summed E-state index contributed by atoms with van der Waals surface area (Å²) < 4.78 is 33.8. The lowest BCUT2D eigenvalue weighted by Gasteiger charge is -2.35. The lowest BCUT2D eigenvalue weighted by atomic mass is 10.2. The van der Waals surface area contributed by atoms with Crippen LogP contribution in [0.5, 0.6) is 0 Å². The highest BCUT2D eigenvalue weighted by Gasteiger charge is 2.38. The van der Waals surface area contributed by atoms with Crippen LogP contribution in [0.2, 0.25) is 12.1 Å². The average molecular weight is 695 g/mol. The molecule has 0 N–H and O–H groups in total. The second-order valence-electron chi connectivity index (χ2n) is 13.2. The Kier molecular flexibility index (Phi) is 24.7. The molecular formula is C32H74N6O6Si2. The highest BCUT2D eigenvalue weighted by Crippen LogP contribution is 2.17. The van der Waals surface area contributed by atoms with Gasteiger partial charge in [0, 0.05) is 80.9 Å². The molecule has 12 nitrogen and oxygen atoms in total. The highest BCUT2D eigenvalue weighted by molar-refractivity contribution is 6.60. The zero-order chi connectivity index (χ0) is 34.3. The maximum atomic E-state index is 5.64. The molecule has 0 aromatic carbocycles. The van der Waals surface area contributed by atoms with Crippen molar-refractivity contribution in [1.82, 2.24) is 29.4 Å². The predicted octanol–water partition coefficient (Wildman–Crippen LogP) is 2.43. The number of hydrogen-bond donors (Lipinski definition) is 0. The summed E-state index contributed by atoms with van der Waals surface area (Å²) in [6.45, 7) is 16.0.